The third-order valence-corrected chi connectivity index (χ3v) is 6.15. The highest BCUT2D eigenvalue weighted by atomic mass is 35.5. The standard InChI is InChI=1S/C18H18ClN3O3S/c1-3-22(4-2)26(24,25)16-7-5-6-13(10-16)18(23)21-15-9-8-14(12-20)17(19)11-15/h5-11H,3-4H2,1-2H3,(H,21,23). The number of sulfonamides is 1. The van der Waals surface area contributed by atoms with E-state index in [4.69, 9.17) is 16.9 Å². The largest absolute Gasteiger partial charge is 0.322 e. The van der Waals surface area contributed by atoms with Gasteiger partial charge in [0.05, 0.1) is 15.5 Å². The highest BCUT2D eigenvalue weighted by Crippen LogP contribution is 2.22. The highest BCUT2D eigenvalue weighted by molar-refractivity contribution is 7.89. The molecule has 0 aliphatic rings. The molecule has 2 rings (SSSR count). The molecule has 0 radical (unpaired) electrons. The van der Waals surface area contributed by atoms with E-state index in [1.54, 1.807) is 19.9 Å². The van der Waals surface area contributed by atoms with Crippen molar-refractivity contribution in [1.29, 1.82) is 5.26 Å². The number of hydrogen-bond acceptors (Lipinski definition) is 4. The van der Waals surface area contributed by atoms with Gasteiger partial charge in [0.1, 0.15) is 6.07 Å². The highest BCUT2D eigenvalue weighted by Gasteiger charge is 2.22. The van der Waals surface area contributed by atoms with Crippen molar-refractivity contribution in [3.63, 3.8) is 0 Å². The Morgan fingerprint density at radius 2 is 1.88 bits per heavy atom. The van der Waals surface area contributed by atoms with Crippen LogP contribution in [0.2, 0.25) is 5.02 Å². The molecule has 0 aliphatic carbocycles. The lowest BCUT2D eigenvalue weighted by Crippen LogP contribution is -2.30. The van der Waals surface area contributed by atoms with E-state index >= 15 is 0 Å². The molecule has 2 aromatic carbocycles. The molecule has 0 bridgehead atoms. The zero-order valence-corrected chi connectivity index (χ0v) is 15.9. The number of halogens is 1. The SMILES string of the molecule is CCN(CC)S(=O)(=O)c1cccc(C(=O)Nc2ccc(C#N)c(Cl)c2)c1. The molecule has 0 atom stereocenters. The van der Waals surface area contributed by atoms with Crippen LogP contribution < -0.4 is 5.32 Å². The van der Waals surface area contributed by atoms with Crippen molar-refractivity contribution in [2.24, 2.45) is 0 Å². The zero-order chi connectivity index (χ0) is 19.3. The Balaban J connectivity index is 2.29. The van der Waals surface area contributed by atoms with Crippen molar-refractivity contribution < 1.29 is 13.2 Å². The Hall–Kier alpha value is -2.40. The monoisotopic (exact) mass is 391 g/mol. The van der Waals surface area contributed by atoms with Crippen molar-refractivity contribution in [2.45, 2.75) is 18.7 Å². The van der Waals surface area contributed by atoms with E-state index in [1.165, 1.54) is 40.7 Å². The molecule has 8 heteroatoms. The van der Waals surface area contributed by atoms with E-state index in [0.717, 1.165) is 0 Å². The van der Waals surface area contributed by atoms with Crippen molar-refractivity contribution in [3.8, 4) is 6.07 Å². The Morgan fingerprint density at radius 1 is 1.19 bits per heavy atom. The van der Waals surface area contributed by atoms with Crippen LogP contribution in [0.3, 0.4) is 0 Å². The topological polar surface area (TPSA) is 90.3 Å². The number of nitrogens with one attached hydrogen (secondary N) is 1. The number of anilines is 1. The first kappa shape index (κ1) is 19.9. The lowest BCUT2D eigenvalue weighted by atomic mass is 10.2. The lowest BCUT2D eigenvalue weighted by molar-refractivity contribution is 0.102. The molecule has 0 aliphatic heterocycles. The first-order chi connectivity index (χ1) is 12.3. The van der Waals surface area contributed by atoms with Crippen molar-refractivity contribution in [2.75, 3.05) is 18.4 Å². The van der Waals surface area contributed by atoms with Crippen LogP contribution in [0.5, 0.6) is 0 Å². The number of amides is 1. The second-order valence-corrected chi connectivity index (χ2v) is 7.72. The summed E-state index contributed by atoms with van der Waals surface area (Å²) in [4.78, 5) is 12.5. The summed E-state index contributed by atoms with van der Waals surface area (Å²) in [6.07, 6.45) is 0. The number of nitriles is 1. The predicted octanol–water partition coefficient (Wildman–Crippen LogP) is 3.49. The average molecular weight is 392 g/mol. The second-order valence-electron chi connectivity index (χ2n) is 5.38. The van der Waals surface area contributed by atoms with Gasteiger partial charge in [0.25, 0.3) is 5.91 Å². The minimum Gasteiger partial charge on any atom is -0.322 e. The summed E-state index contributed by atoms with van der Waals surface area (Å²) >= 11 is 5.95. The van der Waals surface area contributed by atoms with Gasteiger partial charge in [0.2, 0.25) is 10.0 Å². The Bertz CT molecular complexity index is 964. The van der Waals surface area contributed by atoms with E-state index in [9.17, 15) is 13.2 Å². The number of carbonyl (C=O) groups is 1. The zero-order valence-electron chi connectivity index (χ0n) is 14.4. The Morgan fingerprint density at radius 3 is 2.46 bits per heavy atom. The average Bonchev–Trinajstić information content (AvgIpc) is 2.63. The molecule has 1 N–H and O–H groups in total. The molecule has 0 saturated heterocycles. The molecule has 2 aromatic rings. The molecular weight excluding hydrogens is 374 g/mol. The van der Waals surface area contributed by atoms with E-state index in [0.29, 0.717) is 24.3 Å². The van der Waals surface area contributed by atoms with Crippen LogP contribution >= 0.6 is 11.6 Å². The molecule has 136 valence electrons. The molecular formula is C18H18ClN3O3S. The molecule has 0 unspecified atom stereocenters. The van der Waals surface area contributed by atoms with Gasteiger partial charge in [0, 0.05) is 24.3 Å². The van der Waals surface area contributed by atoms with Crippen LogP contribution in [0.1, 0.15) is 29.8 Å². The van der Waals surface area contributed by atoms with Crippen LogP contribution in [0, 0.1) is 11.3 Å². The summed E-state index contributed by atoms with van der Waals surface area (Å²) in [7, 11) is -3.65. The second kappa shape index (κ2) is 8.32. The summed E-state index contributed by atoms with van der Waals surface area (Å²) < 4.78 is 26.5. The minimum atomic E-state index is -3.65. The molecule has 6 nitrogen and oxygen atoms in total. The van der Waals surface area contributed by atoms with Gasteiger partial charge in [-0.3, -0.25) is 4.79 Å². The van der Waals surface area contributed by atoms with Crippen LogP contribution in [-0.4, -0.2) is 31.7 Å². The lowest BCUT2D eigenvalue weighted by Gasteiger charge is -2.18. The number of nitrogens with zero attached hydrogens (tertiary/aromatic N) is 2. The molecule has 0 aromatic heterocycles. The van der Waals surface area contributed by atoms with Crippen molar-refractivity contribution in [3.05, 3.63) is 58.6 Å². The maximum Gasteiger partial charge on any atom is 0.255 e. The fourth-order valence-electron chi connectivity index (χ4n) is 2.40. The van der Waals surface area contributed by atoms with Gasteiger partial charge in [-0.15, -0.1) is 0 Å². The molecule has 0 heterocycles. The summed E-state index contributed by atoms with van der Waals surface area (Å²) in [5.41, 5.74) is 0.923. The third-order valence-electron chi connectivity index (χ3n) is 3.79. The predicted molar refractivity (Wildman–Crippen MR) is 101 cm³/mol. The van der Waals surface area contributed by atoms with E-state index < -0.39 is 15.9 Å². The van der Waals surface area contributed by atoms with Gasteiger partial charge in [-0.2, -0.15) is 9.57 Å². The molecule has 26 heavy (non-hydrogen) atoms. The van der Waals surface area contributed by atoms with Crippen LogP contribution in [0.4, 0.5) is 5.69 Å². The smallest absolute Gasteiger partial charge is 0.255 e. The minimum absolute atomic E-state index is 0.0618. The van der Waals surface area contributed by atoms with E-state index in [1.807, 2.05) is 6.07 Å². The van der Waals surface area contributed by atoms with Gasteiger partial charge in [-0.05, 0) is 36.4 Å². The van der Waals surface area contributed by atoms with Gasteiger partial charge >= 0.3 is 0 Å². The van der Waals surface area contributed by atoms with E-state index in [2.05, 4.69) is 5.32 Å². The van der Waals surface area contributed by atoms with Crippen molar-refractivity contribution in [1.82, 2.24) is 4.31 Å². The molecule has 1 amide bonds. The number of benzene rings is 2. The van der Waals surface area contributed by atoms with Crippen LogP contribution in [0.25, 0.3) is 0 Å². The van der Waals surface area contributed by atoms with Crippen LogP contribution in [-0.2, 0) is 10.0 Å². The Labute approximate surface area is 158 Å². The number of hydrogen-bond donors (Lipinski definition) is 1. The molecule has 0 fully saturated rings. The summed E-state index contributed by atoms with van der Waals surface area (Å²) in [6, 6.07) is 12.3. The van der Waals surface area contributed by atoms with Crippen molar-refractivity contribution >= 4 is 33.2 Å². The van der Waals surface area contributed by atoms with Gasteiger partial charge in [-0.1, -0.05) is 31.5 Å². The Kier molecular flexibility index (Phi) is 6.37. The molecule has 0 spiro atoms. The quantitative estimate of drug-likeness (QED) is 0.815. The fourth-order valence-corrected chi connectivity index (χ4v) is 4.12. The normalized spacial score (nSPS) is 11.2. The number of rotatable bonds is 6. The van der Waals surface area contributed by atoms with Gasteiger partial charge < -0.3 is 5.32 Å². The van der Waals surface area contributed by atoms with Gasteiger partial charge in [0.15, 0.2) is 0 Å². The maximum atomic E-state index is 12.6. The summed E-state index contributed by atoms with van der Waals surface area (Å²) in [5, 5.41) is 11.7. The third kappa shape index (κ3) is 4.22. The molecule has 0 saturated carbocycles. The van der Waals surface area contributed by atoms with Gasteiger partial charge in [-0.25, -0.2) is 8.42 Å². The first-order valence-corrected chi connectivity index (χ1v) is 9.76. The van der Waals surface area contributed by atoms with Crippen LogP contribution in [0.15, 0.2) is 47.4 Å². The fraction of sp³-hybridized carbons (Fsp3) is 0.222. The first-order valence-electron chi connectivity index (χ1n) is 7.94. The maximum absolute atomic E-state index is 12.6. The summed E-state index contributed by atoms with van der Waals surface area (Å²) in [5.74, 6) is -0.470. The van der Waals surface area contributed by atoms with E-state index in [-0.39, 0.29) is 15.5 Å². The summed E-state index contributed by atoms with van der Waals surface area (Å²) in [6.45, 7) is 4.20. The number of carbonyl (C=O) groups excluding carboxylic acids is 1.